The van der Waals surface area contributed by atoms with Gasteiger partial charge in [0, 0.05) is 4.75 Å². The predicted molar refractivity (Wildman–Crippen MR) is 42.5 cm³/mol. The first-order valence-corrected chi connectivity index (χ1v) is 3.49. The zero-order valence-electron chi connectivity index (χ0n) is 5.65. The zero-order valence-corrected chi connectivity index (χ0v) is 6.54. The third-order valence-corrected chi connectivity index (χ3v) is 2.42. The topological polar surface area (TPSA) is 0 Å². The van der Waals surface area contributed by atoms with Crippen LogP contribution in [0.3, 0.4) is 0 Å². The summed E-state index contributed by atoms with van der Waals surface area (Å²) < 4.78 is 0.0833. The summed E-state index contributed by atoms with van der Waals surface area (Å²) in [5.74, 6) is 0. The van der Waals surface area contributed by atoms with E-state index in [1.165, 1.54) is 0 Å². The van der Waals surface area contributed by atoms with Crippen LogP contribution in [-0.2, 0) is 0 Å². The lowest BCUT2D eigenvalue weighted by atomic mass is 10.0. The van der Waals surface area contributed by atoms with E-state index in [9.17, 15) is 0 Å². The average Bonchev–Trinajstić information content (AvgIpc) is 1.87. The lowest BCUT2D eigenvalue weighted by Crippen LogP contribution is -2.13. The first-order valence-electron chi connectivity index (χ1n) is 3.04. The van der Waals surface area contributed by atoms with Gasteiger partial charge in [-0.2, -0.15) is 12.6 Å². The van der Waals surface area contributed by atoms with E-state index in [-0.39, 0.29) is 4.75 Å². The lowest BCUT2D eigenvalue weighted by molar-refractivity contribution is 0.667. The van der Waals surface area contributed by atoms with E-state index in [1.807, 2.05) is 6.08 Å². The van der Waals surface area contributed by atoms with Crippen LogP contribution in [0.2, 0.25) is 0 Å². The van der Waals surface area contributed by atoms with Gasteiger partial charge in [-0.15, -0.1) is 6.58 Å². The minimum absolute atomic E-state index is 0.0833. The van der Waals surface area contributed by atoms with Gasteiger partial charge >= 0.3 is 0 Å². The van der Waals surface area contributed by atoms with Crippen molar-refractivity contribution >= 4 is 12.6 Å². The number of thiol groups is 1. The third kappa shape index (κ3) is 1.91. The standard InChI is InChI=1S/C7H14S/c1-4-7(8,5-2)6-3/h4,8H,1,5-6H2,2-3H3. The largest absolute Gasteiger partial charge is 0.168 e. The van der Waals surface area contributed by atoms with Crippen molar-refractivity contribution in [3.05, 3.63) is 12.7 Å². The number of hydrogen-bond acceptors (Lipinski definition) is 1. The van der Waals surface area contributed by atoms with Crippen LogP contribution >= 0.6 is 12.6 Å². The van der Waals surface area contributed by atoms with Gasteiger partial charge in [-0.25, -0.2) is 0 Å². The van der Waals surface area contributed by atoms with Gasteiger partial charge in [0.15, 0.2) is 0 Å². The third-order valence-electron chi connectivity index (χ3n) is 1.60. The summed E-state index contributed by atoms with van der Waals surface area (Å²) in [5, 5.41) is 0. The van der Waals surface area contributed by atoms with Gasteiger partial charge in [0.2, 0.25) is 0 Å². The van der Waals surface area contributed by atoms with E-state index in [0.717, 1.165) is 12.8 Å². The molecule has 0 saturated heterocycles. The van der Waals surface area contributed by atoms with Crippen molar-refractivity contribution in [3.8, 4) is 0 Å². The summed E-state index contributed by atoms with van der Waals surface area (Å²) in [6.07, 6.45) is 4.04. The maximum absolute atomic E-state index is 4.40. The predicted octanol–water partition coefficient (Wildman–Crippen LogP) is 2.66. The molecule has 0 radical (unpaired) electrons. The van der Waals surface area contributed by atoms with E-state index in [4.69, 9.17) is 0 Å². The molecule has 48 valence electrons. The molecule has 0 nitrogen and oxygen atoms in total. The van der Waals surface area contributed by atoms with E-state index >= 15 is 0 Å². The highest BCUT2D eigenvalue weighted by molar-refractivity contribution is 7.82. The molecule has 0 N–H and O–H groups in total. The van der Waals surface area contributed by atoms with Crippen LogP contribution in [0.1, 0.15) is 26.7 Å². The van der Waals surface area contributed by atoms with Crippen molar-refractivity contribution < 1.29 is 0 Å². The molecule has 0 unspecified atom stereocenters. The fourth-order valence-corrected chi connectivity index (χ4v) is 0.539. The highest BCUT2D eigenvalue weighted by atomic mass is 32.1. The van der Waals surface area contributed by atoms with E-state index in [1.54, 1.807) is 0 Å². The Hall–Kier alpha value is 0.0900. The van der Waals surface area contributed by atoms with Crippen molar-refractivity contribution in [3.63, 3.8) is 0 Å². The van der Waals surface area contributed by atoms with E-state index in [0.29, 0.717) is 0 Å². The molecule has 8 heavy (non-hydrogen) atoms. The Morgan fingerprint density at radius 2 is 1.88 bits per heavy atom. The quantitative estimate of drug-likeness (QED) is 0.440. The number of rotatable bonds is 3. The summed E-state index contributed by atoms with van der Waals surface area (Å²) >= 11 is 4.40. The Labute approximate surface area is 57.4 Å². The molecule has 0 rings (SSSR count). The van der Waals surface area contributed by atoms with Gasteiger partial charge in [-0.3, -0.25) is 0 Å². The molecule has 0 aliphatic rings. The molecular weight excluding hydrogens is 116 g/mol. The second-order valence-electron chi connectivity index (χ2n) is 2.01. The SMILES string of the molecule is C=CC(S)(CC)CC. The molecular formula is C7H14S. The van der Waals surface area contributed by atoms with Crippen LogP contribution in [-0.4, -0.2) is 4.75 Å². The Bertz CT molecular complexity index is 72.5. The van der Waals surface area contributed by atoms with Gasteiger partial charge in [0.1, 0.15) is 0 Å². The average molecular weight is 130 g/mol. The monoisotopic (exact) mass is 130 g/mol. The first-order chi connectivity index (χ1) is 3.68. The summed E-state index contributed by atoms with van der Waals surface area (Å²) in [5.41, 5.74) is 0. The van der Waals surface area contributed by atoms with Crippen LogP contribution in [0, 0.1) is 0 Å². The zero-order chi connectivity index (χ0) is 6.62. The van der Waals surface area contributed by atoms with Crippen LogP contribution in [0.4, 0.5) is 0 Å². The fraction of sp³-hybridized carbons (Fsp3) is 0.714. The molecule has 1 heteroatoms. The van der Waals surface area contributed by atoms with E-state index < -0.39 is 0 Å². The Morgan fingerprint density at radius 3 is 1.88 bits per heavy atom. The van der Waals surface area contributed by atoms with Gasteiger partial charge in [0.25, 0.3) is 0 Å². The van der Waals surface area contributed by atoms with Crippen molar-refractivity contribution in [1.29, 1.82) is 0 Å². The molecule has 0 aliphatic heterocycles. The molecule has 0 aliphatic carbocycles. The highest BCUT2D eigenvalue weighted by Crippen LogP contribution is 2.23. The molecule has 0 aromatic rings. The van der Waals surface area contributed by atoms with Crippen molar-refractivity contribution in [1.82, 2.24) is 0 Å². The summed E-state index contributed by atoms with van der Waals surface area (Å²) in [6.45, 7) is 7.94. The van der Waals surface area contributed by atoms with E-state index in [2.05, 4.69) is 33.1 Å². The minimum atomic E-state index is 0.0833. The molecule has 0 atom stereocenters. The van der Waals surface area contributed by atoms with Crippen LogP contribution < -0.4 is 0 Å². The molecule has 0 fully saturated rings. The van der Waals surface area contributed by atoms with Gasteiger partial charge in [-0.1, -0.05) is 19.9 Å². The normalized spacial score (nSPS) is 11.4. The molecule has 0 aromatic carbocycles. The van der Waals surface area contributed by atoms with Crippen molar-refractivity contribution in [2.24, 2.45) is 0 Å². The van der Waals surface area contributed by atoms with Crippen molar-refractivity contribution in [2.45, 2.75) is 31.4 Å². The van der Waals surface area contributed by atoms with Crippen molar-refractivity contribution in [2.75, 3.05) is 0 Å². The molecule has 0 spiro atoms. The summed E-state index contributed by atoms with van der Waals surface area (Å²) in [6, 6.07) is 0. The first kappa shape index (κ1) is 8.09. The summed E-state index contributed by atoms with van der Waals surface area (Å²) in [4.78, 5) is 0. The highest BCUT2D eigenvalue weighted by Gasteiger charge is 2.14. The van der Waals surface area contributed by atoms with Crippen LogP contribution in [0.15, 0.2) is 12.7 Å². The molecule has 0 saturated carbocycles. The van der Waals surface area contributed by atoms with Crippen LogP contribution in [0.25, 0.3) is 0 Å². The Balaban J connectivity index is 3.76. The van der Waals surface area contributed by atoms with Gasteiger partial charge in [0.05, 0.1) is 0 Å². The molecule has 0 bridgehead atoms. The Morgan fingerprint density at radius 1 is 1.50 bits per heavy atom. The molecule has 0 heterocycles. The summed E-state index contributed by atoms with van der Waals surface area (Å²) in [7, 11) is 0. The van der Waals surface area contributed by atoms with Gasteiger partial charge < -0.3 is 0 Å². The Kier molecular flexibility index (Phi) is 3.22. The van der Waals surface area contributed by atoms with Gasteiger partial charge in [-0.05, 0) is 12.8 Å². The molecule has 0 aromatic heterocycles. The maximum Gasteiger partial charge on any atom is 0.0300 e. The van der Waals surface area contributed by atoms with Crippen LogP contribution in [0.5, 0.6) is 0 Å². The lowest BCUT2D eigenvalue weighted by Gasteiger charge is -2.19. The fourth-order valence-electron chi connectivity index (χ4n) is 0.539. The minimum Gasteiger partial charge on any atom is -0.168 e. The maximum atomic E-state index is 4.40. The number of hydrogen-bond donors (Lipinski definition) is 1. The second-order valence-corrected chi connectivity index (χ2v) is 2.91. The smallest absolute Gasteiger partial charge is 0.0300 e. The second kappa shape index (κ2) is 3.18. The molecule has 0 amide bonds.